The van der Waals surface area contributed by atoms with Crippen molar-refractivity contribution in [2.24, 2.45) is 0 Å². The third-order valence-corrected chi connectivity index (χ3v) is 2.69. The molecule has 1 rings (SSSR count). The first-order valence-electron chi connectivity index (χ1n) is 6.12. The van der Waals surface area contributed by atoms with E-state index in [1.54, 1.807) is 0 Å². The quantitative estimate of drug-likeness (QED) is 0.725. The van der Waals surface area contributed by atoms with Crippen molar-refractivity contribution in [3.8, 4) is 0 Å². The van der Waals surface area contributed by atoms with Crippen LogP contribution in [-0.2, 0) is 14.3 Å². The molecule has 1 aliphatic rings. The molecule has 0 aliphatic carbocycles. The lowest BCUT2D eigenvalue weighted by atomic mass is 10.1. The highest BCUT2D eigenvalue weighted by molar-refractivity contribution is 5.76. The Morgan fingerprint density at radius 2 is 2.19 bits per heavy atom. The van der Waals surface area contributed by atoms with Crippen LogP contribution >= 0.6 is 0 Å². The van der Waals surface area contributed by atoms with E-state index in [1.165, 1.54) is 0 Å². The van der Waals surface area contributed by atoms with Gasteiger partial charge in [0.2, 0.25) is 0 Å². The van der Waals surface area contributed by atoms with Crippen LogP contribution in [-0.4, -0.2) is 36.9 Å². The first-order valence-corrected chi connectivity index (χ1v) is 6.12. The molecule has 0 spiro atoms. The Morgan fingerprint density at radius 3 is 2.62 bits per heavy atom. The maximum Gasteiger partial charge on any atom is 0.325 e. The summed E-state index contributed by atoms with van der Waals surface area (Å²) in [6.45, 7) is 8.31. The smallest absolute Gasteiger partial charge is 0.325 e. The molecular weight excluding hydrogens is 206 g/mol. The van der Waals surface area contributed by atoms with Crippen molar-refractivity contribution in [2.45, 2.75) is 64.8 Å². The van der Waals surface area contributed by atoms with Crippen molar-refractivity contribution in [2.75, 3.05) is 6.61 Å². The van der Waals surface area contributed by atoms with Crippen LogP contribution in [0.4, 0.5) is 0 Å². The highest BCUT2D eigenvalue weighted by atomic mass is 16.5. The summed E-state index contributed by atoms with van der Waals surface area (Å²) in [5, 5.41) is 3.23. The number of nitrogens with one attached hydrogen (secondary N) is 1. The van der Waals surface area contributed by atoms with E-state index < -0.39 is 0 Å². The third kappa shape index (κ3) is 3.76. The molecule has 1 fully saturated rings. The number of rotatable bonds is 5. The van der Waals surface area contributed by atoms with Crippen molar-refractivity contribution in [1.29, 1.82) is 0 Å². The van der Waals surface area contributed by atoms with Gasteiger partial charge in [-0.3, -0.25) is 10.1 Å². The first-order chi connectivity index (χ1) is 7.54. The predicted octanol–water partition coefficient (Wildman–Crippen LogP) is 1.48. The Bertz CT molecular complexity index is 230. The van der Waals surface area contributed by atoms with Crippen molar-refractivity contribution < 1.29 is 14.3 Å². The van der Waals surface area contributed by atoms with E-state index in [1.807, 2.05) is 27.7 Å². The molecule has 16 heavy (non-hydrogen) atoms. The van der Waals surface area contributed by atoms with Gasteiger partial charge >= 0.3 is 5.97 Å². The number of esters is 1. The van der Waals surface area contributed by atoms with Gasteiger partial charge in [-0.1, -0.05) is 13.8 Å². The lowest BCUT2D eigenvalue weighted by Crippen LogP contribution is -2.49. The third-order valence-electron chi connectivity index (χ3n) is 2.69. The minimum absolute atomic E-state index is 0.0450. The molecule has 4 heteroatoms. The van der Waals surface area contributed by atoms with Crippen LogP contribution in [0.25, 0.3) is 0 Å². The largest absolute Gasteiger partial charge is 0.465 e. The lowest BCUT2D eigenvalue weighted by molar-refractivity contribution is -0.150. The predicted molar refractivity (Wildman–Crippen MR) is 62.3 cm³/mol. The second-order valence-corrected chi connectivity index (χ2v) is 4.61. The topological polar surface area (TPSA) is 47.6 Å². The molecule has 0 aromatic carbocycles. The summed E-state index contributed by atoms with van der Waals surface area (Å²) in [7, 11) is 0. The van der Waals surface area contributed by atoms with Crippen LogP contribution < -0.4 is 5.32 Å². The van der Waals surface area contributed by atoms with Crippen molar-refractivity contribution >= 4 is 5.97 Å². The Kier molecular flexibility index (Phi) is 5.22. The maximum atomic E-state index is 11.8. The number of carbonyl (C=O) groups is 1. The van der Waals surface area contributed by atoms with Crippen molar-refractivity contribution in [3.05, 3.63) is 0 Å². The molecule has 1 heterocycles. The summed E-state index contributed by atoms with van der Waals surface area (Å²) in [4.78, 5) is 11.8. The lowest BCUT2D eigenvalue weighted by Gasteiger charge is -2.24. The van der Waals surface area contributed by atoms with E-state index in [-0.39, 0.29) is 30.3 Å². The van der Waals surface area contributed by atoms with E-state index in [4.69, 9.17) is 9.47 Å². The fraction of sp³-hybridized carbons (Fsp3) is 0.917. The summed E-state index contributed by atoms with van der Waals surface area (Å²) >= 11 is 0. The summed E-state index contributed by atoms with van der Waals surface area (Å²) in [6.07, 6.45) is 2.14. The van der Waals surface area contributed by atoms with Gasteiger partial charge in [-0.25, -0.2) is 0 Å². The highest BCUT2D eigenvalue weighted by Crippen LogP contribution is 2.22. The number of hydrogen-bond acceptors (Lipinski definition) is 4. The van der Waals surface area contributed by atoms with Gasteiger partial charge < -0.3 is 9.47 Å². The van der Waals surface area contributed by atoms with E-state index in [0.29, 0.717) is 6.61 Å². The van der Waals surface area contributed by atoms with Crippen LogP contribution in [0.3, 0.4) is 0 Å². The highest BCUT2D eigenvalue weighted by Gasteiger charge is 2.35. The van der Waals surface area contributed by atoms with Crippen molar-refractivity contribution in [3.63, 3.8) is 0 Å². The van der Waals surface area contributed by atoms with Crippen LogP contribution in [0.1, 0.15) is 40.5 Å². The molecule has 0 amide bonds. The van der Waals surface area contributed by atoms with E-state index in [0.717, 1.165) is 12.8 Å². The fourth-order valence-corrected chi connectivity index (χ4v) is 2.00. The fourth-order valence-electron chi connectivity index (χ4n) is 2.00. The van der Waals surface area contributed by atoms with Crippen LogP contribution in [0.5, 0.6) is 0 Å². The van der Waals surface area contributed by atoms with Gasteiger partial charge in [-0.2, -0.15) is 0 Å². The zero-order chi connectivity index (χ0) is 12.1. The molecule has 3 atom stereocenters. The maximum absolute atomic E-state index is 11.8. The molecule has 0 bridgehead atoms. The summed E-state index contributed by atoms with van der Waals surface area (Å²) in [5.74, 6) is -0.199. The van der Waals surface area contributed by atoms with E-state index in [9.17, 15) is 4.79 Å². The Balaban J connectivity index is 2.59. The van der Waals surface area contributed by atoms with Gasteiger partial charge in [-0.05, 0) is 26.7 Å². The van der Waals surface area contributed by atoms with E-state index in [2.05, 4.69) is 5.32 Å². The minimum atomic E-state index is -0.329. The van der Waals surface area contributed by atoms with Crippen molar-refractivity contribution in [1.82, 2.24) is 5.32 Å². The van der Waals surface area contributed by atoms with Crippen LogP contribution in [0.15, 0.2) is 0 Å². The molecule has 4 nitrogen and oxygen atoms in total. The average Bonchev–Trinajstić information content (AvgIpc) is 2.61. The summed E-state index contributed by atoms with van der Waals surface area (Å²) < 4.78 is 10.8. The monoisotopic (exact) mass is 229 g/mol. The number of ether oxygens (including phenoxy) is 2. The second-order valence-electron chi connectivity index (χ2n) is 4.61. The minimum Gasteiger partial charge on any atom is -0.465 e. The summed E-state index contributed by atoms with van der Waals surface area (Å²) in [6, 6.07) is -0.0844. The zero-order valence-electron chi connectivity index (χ0n) is 10.7. The molecule has 0 radical (unpaired) electrons. The standard InChI is InChI=1S/C12H23NO3/c1-5-15-12(14)11(13-8(2)3)10-7-6-9(4)16-10/h8-11,13H,5-7H2,1-4H3. The number of hydrogen-bond donors (Lipinski definition) is 1. The molecule has 0 aromatic rings. The van der Waals surface area contributed by atoms with Crippen LogP contribution in [0.2, 0.25) is 0 Å². The Morgan fingerprint density at radius 1 is 1.50 bits per heavy atom. The van der Waals surface area contributed by atoms with Crippen LogP contribution in [0, 0.1) is 0 Å². The number of carbonyl (C=O) groups excluding carboxylic acids is 1. The van der Waals surface area contributed by atoms with Gasteiger partial charge in [0.05, 0.1) is 18.8 Å². The van der Waals surface area contributed by atoms with Gasteiger partial charge in [0.25, 0.3) is 0 Å². The van der Waals surface area contributed by atoms with E-state index >= 15 is 0 Å². The molecule has 3 unspecified atom stereocenters. The molecular formula is C12H23NO3. The normalized spacial score (nSPS) is 27.1. The first kappa shape index (κ1) is 13.5. The average molecular weight is 229 g/mol. The second kappa shape index (κ2) is 6.21. The zero-order valence-corrected chi connectivity index (χ0v) is 10.7. The molecule has 0 saturated carbocycles. The summed E-state index contributed by atoms with van der Waals surface area (Å²) in [5.41, 5.74) is 0. The van der Waals surface area contributed by atoms with Gasteiger partial charge in [-0.15, -0.1) is 0 Å². The molecule has 1 aliphatic heterocycles. The van der Waals surface area contributed by atoms with Gasteiger partial charge in [0.15, 0.2) is 0 Å². The van der Waals surface area contributed by atoms with Gasteiger partial charge in [0, 0.05) is 6.04 Å². The SMILES string of the molecule is CCOC(=O)C(NC(C)C)C1CCC(C)O1. The molecule has 0 aromatic heterocycles. The Hall–Kier alpha value is -0.610. The molecule has 1 N–H and O–H groups in total. The van der Waals surface area contributed by atoms with Gasteiger partial charge in [0.1, 0.15) is 6.04 Å². The molecule has 94 valence electrons. The molecule has 1 saturated heterocycles. The Labute approximate surface area is 97.7 Å².